The first-order chi connectivity index (χ1) is 18.3. The summed E-state index contributed by atoms with van der Waals surface area (Å²) in [6, 6.07) is 1.84. The van der Waals surface area contributed by atoms with Gasteiger partial charge >= 0.3 is 17.9 Å². The summed E-state index contributed by atoms with van der Waals surface area (Å²) in [5.41, 5.74) is -0.0955. The van der Waals surface area contributed by atoms with E-state index < -0.39 is 46.3 Å². The lowest BCUT2D eigenvalue weighted by Gasteiger charge is -2.63. The van der Waals surface area contributed by atoms with E-state index in [2.05, 4.69) is 6.92 Å². The monoisotopic (exact) mass is 540 g/mol. The third-order valence-corrected chi connectivity index (χ3v) is 10.6. The number of carbonyl (C=O) groups excluding carboxylic acids is 4. The molecule has 0 amide bonds. The van der Waals surface area contributed by atoms with Crippen molar-refractivity contribution in [3.63, 3.8) is 0 Å². The number of Topliss-reactive ketones (excluding diaryl/α,β-unsaturated/α-hetero) is 1. The summed E-state index contributed by atoms with van der Waals surface area (Å²) >= 11 is 0. The van der Waals surface area contributed by atoms with E-state index in [0.29, 0.717) is 6.42 Å². The van der Waals surface area contributed by atoms with Gasteiger partial charge in [-0.1, -0.05) is 53.2 Å². The van der Waals surface area contributed by atoms with Crippen LogP contribution in [0, 0.1) is 45.8 Å². The number of hydrogen-bond donors (Lipinski definition) is 0. The Morgan fingerprint density at radius 3 is 2.46 bits per heavy atom. The zero-order chi connectivity index (χ0) is 28.5. The van der Waals surface area contributed by atoms with Gasteiger partial charge in [0.15, 0.2) is 0 Å². The molecule has 0 unspecified atom stereocenters. The van der Waals surface area contributed by atoms with Crippen LogP contribution in [0.1, 0.15) is 78.9 Å². The largest absolute Gasteiger partial charge is 0.472 e. The van der Waals surface area contributed by atoms with Crippen molar-refractivity contribution in [3.8, 4) is 0 Å². The number of hydrogen-bond acceptors (Lipinski definition) is 8. The molecule has 8 nitrogen and oxygen atoms in total. The van der Waals surface area contributed by atoms with E-state index in [4.69, 9.17) is 18.6 Å². The highest BCUT2D eigenvalue weighted by Crippen LogP contribution is 2.68. The van der Waals surface area contributed by atoms with Crippen molar-refractivity contribution < 1.29 is 37.8 Å². The van der Waals surface area contributed by atoms with Crippen LogP contribution < -0.4 is 0 Å². The van der Waals surface area contributed by atoms with E-state index in [1.807, 2.05) is 32.9 Å². The minimum Gasteiger partial charge on any atom is -0.472 e. The van der Waals surface area contributed by atoms with Crippen molar-refractivity contribution in [3.05, 3.63) is 35.8 Å². The number of methoxy groups -OCH3 is 1. The number of fused-ring (bicyclic) bond motifs is 6. The molecule has 1 aromatic rings. The standard InChI is InChI=1S/C31H40O8/c1-16(2)28(35)39-27-19-12-18-20(31(6,25(19)34)22(29(27,3)4)14-23(32)36-7)8-10-30(5)21(18)13-24(33)38-26(30)17-9-11-37-15-17/h9,11-12,15-16,19-22,26-27H,8,10,13-14H2,1-7H3/t19-,20+,21+,22+,26+,27-,30-,31-/m0/s1. The molecule has 8 atom stereocenters. The summed E-state index contributed by atoms with van der Waals surface area (Å²) in [5, 5.41) is 0. The molecule has 8 heteroatoms. The Morgan fingerprint density at radius 1 is 1.13 bits per heavy atom. The fourth-order valence-electron chi connectivity index (χ4n) is 8.42. The van der Waals surface area contributed by atoms with Gasteiger partial charge in [-0.25, -0.2) is 0 Å². The van der Waals surface area contributed by atoms with Crippen LogP contribution in [0.4, 0.5) is 0 Å². The first-order valence-corrected chi connectivity index (χ1v) is 14.0. The Hall–Kier alpha value is -2.90. The first kappa shape index (κ1) is 27.7. The van der Waals surface area contributed by atoms with E-state index in [-0.39, 0.29) is 48.3 Å². The Kier molecular flexibility index (Phi) is 6.62. The molecule has 3 fully saturated rings. The Labute approximate surface area is 229 Å². The number of ketones is 1. The van der Waals surface area contributed by atoms with Gasteiger partial charge in [0.25, 0.3) is 0 Å². The topological polar surface area (TPSA) is 109 Å². The van der Waals surface area contributed by atoms with Crippen LogP contribution >= 0.6 is 0 Å². The number of carbonyl (C=O) groups is 4. The van der Waals surface area contributed by atoms with Gasteiger partial charge in [-0.05, 0) is 36.7 Å². The number of rotatable bonds is 5. The summed E-state index contributed by atoms with van der Waals surface area (Å²) in [6.07, 6.45) is 5.72. The Balaban J connectivity index is 1.66. The van der Waals surface area contributed by atoms with Crippen molar-refractivity contribution in [2.24, 2.45) is 45.8 Å². The second-order valence-corrected chi connectivity index (χ2v) is 13.3. The smallest absolute Gasteiger partial charge is 0.308 e. The van der Waals surface area contributed by atoms with Crippen LogP contribution in [0.5, 0.6) is 0 Å². The van der Waals surface area contributed by atoms with Gasteiger partial charge in [0, 0.05) is 28.2 Å². The molecule has 5 rings (SSSR count). The fourth-order valence-corrected chi connectivity index (χ4v) is 8.42. The minimum absolute atomic E-state index is 0.000548. The lowest BCUT2D eigenvalue weighted by molar-refractivity contribution is -0.198. The number of allylic oxidation sites excluding steroid dienone is 1. The molecule has 0 spiro atoms. The average Bonchev–Trinajstić information content (AvgIpc) is 3.41. The second kappa shape index (κ2) is 9.34. The van der Waals surface area contributed by atoms with Gasteiger partial charge in [-0.3, -0.25) is 19.2 Å². The van der Waals surface area contributed by atoms with Crippen LogP contribution in [-0.2, 0) is 33.4 Å². The highest BCUT2D eigenvalue weighted by molar-refractivity contribution is 5.93. The maximum atomic E-state index is 14.4. The number of furan rings is 1. The normalized spacial score (nSPS) is 38.7. The molecular weight excluding hydrogens is 500 g/mol. The molecule has 212 valence electrons. The predicted molar refractivity (Wildman–Crippen MR) is 140 cm³/mol. The molecule has 1 saturated heterocycles. The lowest BCUT2D eigenvalue weighted by Crippen LogP contribution is -2.66. The van der Waals surface area contributed by atoms with Gasteiger partial charge in [-0.2, -0.15) is 0 Å². The maximum Gasteiger partial charge on any atom is 0.308 e. The van der Waals surface area contributed by atoms with Crippen LogP contribution in [0.2, 0.25) is 0 Å². The summed E-state index contributed by atoms with van der Waals surface area (Å²) in [4.78, 5) is 53.0. The summed E-state index contributed by atoms with van der Waals surface area (Å²) < 4.78 is 22.4. The first-order valence-electron chi connectivity index (χ1n) is 14.0. The average molecular weight is 541 g/mol. The van der Waals surface area contributed by atoms with E-state index in [0.717, 1.165) is 17.6 Å². The van der Waals surface area contributed by atoms with Crippen molar-refractivity contribution in [1.29, 1.82) is 0 Å². The maximum absolute atomic E-state index is 14.4. The third-order valence-electron chi connectivity index (χ3n) is 10.6. The van der Waals surface area contributed by atoms with E-state index >= 15 is 0 Å². The molecular formula is C31H40O8. The van der Waals surface area contributed by atoms with E-state index in [9.17, 15) is 19.2 Å². The van der Waals surface area contributed by atoms with Gasteiger partial charge in [0.2, 0.25) is 0 Å². The molecule has 2 saturated carbocycles. The Morgan fingerprint density at radius 2 is 1.85 bits per heavy atom. The van der Waals surface area contributed by atoms with Gasteiger partial charge in [0.1, 0.15) is 18.0 Å². The third kappa shape index (κ3) is 4.00. The molecule has 0 radical (unpaired) electrons. The van der Waals surface area contributed by atoms with Crippen molar-refractivity contribution in [2.45, 2.75) is 79.4 Å². The van der Waals surface area contributed by atoms with Crippen molar-refractivity contribution >= 4 is 23.7 Å². The summed E-state index contributed by atoms with van der Waals surface area (Å²) in [5.74, 6) is -2.83. The van der Waals surface area contributed by atoms with Crippen LogP contribution in [0.15, 0.2) is 34.7 Å². The number of ether oxygens (including phenoxy) is 3. The van der Waals surface area contributed by atoms with Crippen molar-refractivity contribution in [1.82, 2.24) is 0 Å². The quantitative estimate of drug-likeness (QED) is 0.284. The van der Waals surface area contributed by atoms with Gasteiger partial charge in [-0.15, -0.1) is 0 Å². The van der Waals surface area contributed by atoms with Gasteiger partial charge < -0.3 is 18.6 Å². The molecule has 1 aromatic heterocycles. The van der Waals surface area contributed by atoms with Crippen molar-refractivity contribution in [2.75, 3.05) is 7.11 Å². The number of esters is 3. The summed E-state index contributed by atoms with van der Waals surface area (Å²) in [7, 11) is 1.35. The van der Waals surface area contributed by atoms with Crippen LogP contribution in [0.3, 0.4) is 0 Å². The second-order valence-electron chi connectivity index (χ2n) is 13.3. The molecule has 0 N–H and O–H groups in total. The molecule has 4 aliphatic rings. The highest BCUT2D eigenvalue weighted by atomic mass is 16.6. The summed E-state index contributed by atoms with van der Waals surface area (Å²) in [6.45, 7) is 11.7. The molecule has 0 aromatic carbocycles. The van der Waals surface area contributed by atoms with Crippen LogP contribution in [-0.4, -0.2) is 36.9 Å². The van der Waals surface area contributed by atoms with Crippen LogP contribution in [0.25, 0.3) is 0 Å². The fraction of sp³-hybridized carbons (Fsp3) is 0.677. The van der Waals surface area contributed by atoms with E-state index in [1.54, 1.807) is 26.4 Å². The lowest BCUT2D eigenvalue weighted by atomic mass is 9.40. The molecule has 1 aliphatic heterocycles. The minimum atomic E-state index is -0.888. The highest BCUT2D eigenvalue weighted by Gasteiger charge is 2.69. The molecule has 39 heavy (non-hydrogen) atoms. The zero-order valence-corrected chi connectivity index (χ0v) is 23.9. The predicted octanol–water partition coefficient (Wildman–Crippen LogP) is 5.22. The molecule has 3 aliphatic carbocycles. The SMILES string of the molecule is COC(=O)C[C@@H]1C(C)(C)[C@@H](OC(=O)C(C)C)[C@H]2C=C3[C@H]4CC(=O)O[C@H](c5ccoc5)[C@@]4(C)CC[C@H]3[C@]1(C)C2=O. The molecule has 2 bridgehead atoms. The zero-order valence-electron chi connectivity index (χ0n) is 23.9. The number of cyclic esters (lactones) is 1. The Bertz CT molecular complexity index is 1210. The van der Waals surface area contributed by atoms with Gasteiger partial charge in [0.05, 0.1) is 37.9 Å². The van der Waals surface area contributed by atoms with E-state index in [1.165, 1.54) is 7.11 Å². The molecule has 2 heterocycles.